The minimum Gasteiger partial charge on any atom is -0.493 e. The first-order valence-corrected chi connectivity index (χ1v) is 10.4. The van der Waals surface area contributed by atoms with E-state index in [0.717, 1.165) is 18.4 Å². The zero-order valence-electron chi connectivity index (χ0n) is 19.0. The average molecular weight is 443 g/mol. The van der Waals surface area contributed by atoms with Gasteiger partial charge < -0.3 is 24.4 Å². The number of nitrogens with zero attached hydrogens (tertiary/aromatic N) is 1. The van der Waals surface area contributed by atoms with Crippen molar-refractivity contribution in [1.29, 1.82) is 0 Å². The molecule has 1 N–H and O–H groups in total. The number of carbonyl (C=O) groups is 3. The van der Waals surface area contributed by atoms with E-state index in [2.05, 4.69) is 12.2 Å². The van der Waals surface area contributed by atoms with Gasteiger partial charge in [-0.05, 0) is 43.7 Å². The van der Waals surface area contributed by atoms with Gasteiger partial charge in [0, 0.05) is 12.7 Å². The number of carbonyl (C=O) groups excluding carboxylic acids is 3. The van der Waals surface area contributed by atoms with E-state index in [1.165, 1.54) is 25.1 Å². The molecule has 2 rings (SSSR count). The summed E-state index contributed by atoms with van der Waals surface area (Å²) in [6.45, 7) is 3.92. The van der Waals surface area contributed by atoms with E-state index >= 15 is 0 Å². The standard InChI is InChI=1S/C24H30N2O6/c1-5-6-13-31-20-12-9-18(14-21(20)30-4)24(29)32-16-23(28)26(3)15-22(27)25-19-10-7-17(2)8-11-19/h7-12,14H,5-6,13,15-16H2,1-4H3,(H,25,27). The molecule has 0 aliphatic heterocycles. The molecule has 0 heterocycles. The molecule has 32 heavy (non-hydrogen) atoms. The molecule has 2 amide bonds. The number of nitrogens with one attached hydrogen (secondary N) is 1. The van der Waals surface area contributed by atoms with Gasteiger partial charge in [-0.15, -0.1) is 0 Å². The number of methoxy groups -OCH3 is 1. The molecule has 0 aliphatic rings. The van der Waals surface area contributed by atoms with Crippen LogP contribution in [0.1, 0.15) is 35.7 Å². The summed E-state index contributed by atoms with van der Waals surface area (Å²) in [7, 11) is 2.95. The second kappa shape index (κ2) is 12.3. The summed E-state index contributed by atoms with van der Waals surface area (Å²) >= 11 is 0. The van der Waals surface area contributed by atoms with Crippen LogP contribution in [0.3, 0.4) is 0 Å². The molecular weight excluding hydrogens is 412 g/mol. The summed E-state index contributed by atoms with van der Waals surface area (Å²) in [5.74, 6) is -0.572. The van der Waals surface area contributed by atoms with Crippen LogP contribution < -0.4 is 14.8 Å². The number of likely N-dealkylation sites (N-methyl/N-ethyl adjacent to an activating group) is 1. The predicted octanol–water partition coefficient (Wildman–Crippen LogP) is 3.44. The third-order valence-corrected chi connectivity index (χ3v) is 4.62. The van der Waals surface area contributed by atoms with Gasteiger partial charge in [0.1, 0.15) is 0 Å². The first-order valence-electron chi connectivity index (χ1n) is 10.4. The van der Waals surface area contributed by atoms with E-state index in [-0.39, 0.29) is 18.0 Å². The highest BCUT2D eigenvalue weighted by Crippen LogP contribution is 2.28. The maximum absolute atomic E-state index is 12.3. The molecule has 0 unspecified atom stereocenters. The Labute approximate surface area is 188 Å². The third kappa shape index (κ3) is 7.61. The first-order chi connectivity index (χ1) is 15.3. The Kier molecular flexibility index (Phi) is 9.53. The van der Waals surface area contributed by atoms with Crippen molar-refractivity contribution in [1.82, 2.24) is 4.90 Å². The van der Waals surface area contributed by atoms with Gasteiger partial charge in [0.2, 0.25) is 5.91 Å². The van der Waals surface area contributed by atoms with Gasteiger partial charge in [-0.25, -0.2) is 4.79 Å². The summed E-state index contributed by atoms with van der Waals surface area (Å²) in [6.07, 6.45) is 1.91. The molecule has 0 saturated carbocycles. The Bertz CT molecular complexity index is 927. The lowest BCUT2D eigenvalue weighted by Gasteiger charge is -2.17. The summed E-state index contributed by atoms with van der Waals surface area (Å²) < 4.78 is 16.0. The molecular formula is C24H30N2O6. The molecule has 172 valence electrons. The number of hydrogen-bond donors (Lipinski definition) is 1. The molecule has 2 aromatic carbocycles. The van der Waals surface area contributed by atoms with Crippen LogP contribution in [-0.4, -0.2) is 56.6 Å². The van der Waals surface area contributed by atoms with Crippen LogP contribution in [0.25, 0.3) is 0 Å². The van der Waals surface area contributed by atoms with Crippen molar-refractivity contribution >= 4 is 23.5 Å². The molecule has 0 radical (unpaired) electrons. The number of rotatable bonds is 11. The second-order valence-electron chi connectivity index (χ2n) is 7.31. The van der Waals surface area contributed by atoms with Gasteiger partial charge in [0.15, 0.2) is 18.1 Å². The second-order valence-corrected chi connectivity index (χ2v) is 7.31. The van der Waals surface area contributed by atoms with Crippen LogP contribution >= 0.6 is 0 Å². The zero-order valence-corrected chi connectivity index (χ0v) is 19.0. The maximum Gasteiger partial charge on any atom is 0.338 e. The normalized spacial score (nSPS) is 10.2. The Morgan fingerprint density at radius 2 is 1.75 bits per heavy atom. The van der Waals surface area contributed by atoms with Crippen LogP contribution in [0, 0.1) is 6.92 Å². The summed E-state index contributed by atoms with van der Waals surface area (Å²) in [6, 6.07) is 12.0. The van der Waals surface area contributed by atoms with Gasteiger partial charge in [0.25, 0.3) is 5.91 Å². The Morgan fingerprint density at radius 1 is 1.03 bits per heavy atom. The Hall–Kier alpha value is -3.55. The highest BCUT2D eigenvalue weighted by molar-refractivity contribution is 5.95. The van der Waals surface area contributed by atoms with Crippen molar-refractivity contribution < 1.29 is 28.6 Å². The van der Waals surface area contributed by atoms with Crippen molar-refractivity contribution in [2.75, 3.05) is 39.2 Å². The molecule has 0 fully saturated rings. The van der Waals surface area contributed by atoms with Crippen LogP contribution in [0.5, 0.6) is 11.5 Å². The summed E-state index contributed by atoms with van der Waals surface area (Å²) in [4.78, 5) is 37.9. The Morgan fingerprint density at radius 3 is 2.41 bits per heavy atom. The zero-order chi connectivity index (χ0) is 23.5. The maximum atomic E-state index is 12.3. The van der Waals surface area contributed by atoms with E-state index in [4.69, 9.17) is 14.2 Å². The van der Waals surface area contributed by atoms with E-state index in [1.807, 2.05) is 19.1 Å². The van der Waals surface area contributed by atoms with Crippen LogP contribution in [-0.2, 0) is 14.3 Å². The minimum atomic E-state index is -0.672. The fraction of sp³-hybridized carbons (Fsp3) is 0.375. The number of unbranched alkanes of at least 4 members (excludes halogenated alkanes) is 1. The quantitative estimate of drug-likeness (QED) is 0.423. The summed E-state index contributed by atoms with van der Waals surface area (Å²) in [5, 5.41) is 2.72. The Balaban J connectivity index is 1.85. The first kappa shape index (κ1) is 24.7. The van der Waals surface area contributed by atoms with Crippen LogP contribution in [0.2, 0.25) is 0 Å². The van der Waals surface area contributed by atoms with Crippen molar-refractivity contribution in [3.05, 3.63) is 53.6 Å². The number of aryl methyl sites for hydroxylation is 1. The van der Waals surface area contributed by atoms with E-state index in [9.17, 15) is 14.4 Å². The van der Waals surface area contributed by atoms with Gasteiger partial charge in [0.05, 0.1) is 25.8 Å². The van der Waals surface area contributed by atoms with Gasteiger partial charge in [-0.3, -0.25) is 9.59 Å². The molecule has 8 heteroatoms. The van der Waals surface area contributed by atoms with E-state index in [0.29, 0.717) is 23.8 Å². The molecule has 8 nitrogen and oxygen atoms in total. The van der Waals surface area contributed by atoms with Crippen molar-refractivity contribution in [3.63, 3.8) is 0 Å². The van der Waals surface area contributed by atoms with Gasteiger partial charge in [-0.1, -0.05) is 31.0 Å². The molecule has 0 aliphatic carbocycles. The smallest absolute Gasteiger partial charge is 0.338 e. The van der Waals surface area contributed by atoms with Crippen molar-refractivity contribution in [2.45, 2.75) is 26.7 Å². The lowest BCUT2D eigenvalue weighted by Crippen LogP contribution is -2.37. The highest BCUT2D eigenvalue weighted by Gasteiger charge is 2.17. The number of esters is 1. The molecule has 0 spiro atoms. The third-order valence-electron chi connectivity index (χ3n) is 4.62. The number of benzene rings is 2. The molecule has 0 saturated heterocycles. The van der Waals surface area contributed by atoms with E-state index in [1.54, 1.807) is 24.3 Å². The number of hydrogen-bond acceptors (Lipinski definition) is 6. The average Bonchev–Trinajstić information content (AvgIpc) is 2.78. The number of ether oxygens (including phenoxy) is 3. The molecule has 0 atom stereocenters. The van der Waals surface area contributed by atoms with E-state index < -0.39 is 18.5 Å². The lowest BCUT2D eigenvalue weighted by molar-refractivity contribution is -0.136. The molecule has 0 aromatic heterocycles. The fourth-order valence-electron chi connectivity index (χ4n) is 2.70. The van der Waals surface area contributed by atoms with Crippen molar-refractivity contribution in [3.8, 4) is 11.5 Å². The molecule has 0 bridgehead atoms. The van der Waals surface area contributed by atoms with Gasteiger partial charge in [-0.2, -0.15) is 0 Å². The number of anilines is 1. The van der Waals surface area contributed by atoms with Crippen LogP contribution in [0.15, 0.2) is 42.5 Å². The van der Waals surface area contributed by atoms with Gasteiger partial charge >= 0.3 is 5.97 Å². The monoisotopic (exact) mass is 442 g/mol. The van der Waals surface area contributed by atoms with Crippen molar-refractivity contribution in [2.24, 2.45) is 0 Å². The van der Waals surface area contributed by atoms with Crippen LogP contribution in [0.4, 0.5) is 5.69 Å². The predicted molar refractivity (Wildman–Crippen MR) is 121 cm³/mol. The summed E-state index contributed by atoms with van der Waals surface area (Å²) in [5.41, 5.74) is 1.95. The minimum absolute atomic E-state index is 0.165. The fourth-order valence-corrected chi connectivity index (χ4v) is 2.70. The molecule has 2 aromatic rings. The lowest BCUT2D eigenvalue weighted by atomic mass is 10.2. The SMILES string of the molecule is CCCCOc1ccc(C(=O)OCC(=O)N(C)CC(=O)Nc2ccc(C)cc2)cc1OC. The largest absolute Gasteiger partial charge is 0.493 e. The number of amides is 2. The highest BCUT2D eigenvalue weighted by atomic mass is 16.5. The topological polar surface area (TPSA) is 94.2 Å².